The molecular formula is C23H34F3N3O4. The van der Waals surface area contributed by atoms with Gasteiger partial charge in [-0.15, -0.1) is 13.2 Å². The molecule has 2 atom stereocenters. The van der Waals surface area contributed by atoms with Crippen LogP contribution in [0.5, 0.6) is 5.75 Å². The number of halogens is 3. The van der Waals surface area contributed by atoms with E-state index in [0.29, 0.717) is 30.6 Å². The number of hydrogen-bond donors (Lipinski definition) is 1. The lowest BCUT2D eigenvalue weighted by Gasteiger charge is -2.36. The average Bonchev–Trinajstić information content (AvgIpc) is 3.28. The van der Waals surface area contributed by atoms with Gasteiger partial charge in [0.15, 0.2) is 0 Å². The zero-order chi connectivity index (χ0) is 24.0. The molecule has 1 saturated carbocycles. The monoisotopic (exact) mass is 473 g/mol. The molecule has 2 fully saturated rings. The van der Waals surface area contributed by atoms with Crippen molar-refractivity contribution in [3.05, 3.63) is 23.5 Å². The van der Waals surface area contributed by atoms with Crippen molar-refractivity contribution < 1.29 is 32.5 Å². The highest BCUT2D eigenvalue weighted by Crippen LogP contribution is 2.34. The first-order chi connectivity index (χ1) is 15.7. The first-order valence-corrected chi connectivity index (χ1v) is 11.6. The number of nitrogens with zero attached hydrogens (tertiary/aromatic N) is 3. The Morgan fingerprint density at radius 2 is 1.97 bits per heavy atom. The van der Waals surface area contributed by atoms with E-state index in [1.807, 2.05) is 0 Å². The maximum Gasteiger partial charge on any atom is 0.573 e. The molecule has 1 amide bonds. The van der Waals surface area contributed by atoms with E-state index in [9.17, 15) is 18.0 Å². The van der Waals surface area contributed by atoms with Gasteiger partial charge in [0.1, 0.15) is 5.75 Å². The van der Waals surface area contributed by atoms with Crippen molar-refractivity contribution >= 4 is 5.91 Å². The molecule has 3 heterocycles. The fraction of sp³-hybridized carbons (Fsp3) is 0.739. The van der Waals surface area contributed by atoms with E-state index in [1.165, 1.54) is 6.07 Å². The van der Waals surface area contributed by atoms with E-state index in [2.05, 4.69) is 21.7 Å². The molecule has 2 aliphatic heterocycles. The van der Waals surface area contributed by atoms with Gasteiger partial charge in [-0.25, -0.2) is 0 Å². The molecule has 1 saturated heterocycles. The van der Waals surface area contributed by atoms with E-state index in [1.54, 1.807) is 11.8 Å². The molecule has 33 heavy (non-hydrogen) atoms. The van der Waals surface area contributed by atoms with E-state index in [4.69, 9.17) is 9.84 Å². The largest absolute Gasteiger partial charge is 0.573 e. The number of aliphatic hydroxyl groups excluding tert-OH is 1. The zero-order valence-electron chi connectivity index (χ0n) is 19.3. The summed E-state index contributed by atoms with van der Waals surface area (Å²) in [7, 11) is 2.15. The molecule has 0 spiro atoms. The molecule has 186 valence electrons. The second-order valence-electron chi connectivity index (χ2n) is 8.82. The molecule has 1 aliphatic carbocycles. The number of hydrogen-bond acceptors (Lipinski definition) is 6. The highest BCUT2D eigenvalue weighted by molar-refractivity contribution is 5.79. The van der Waals surface area contributed by atoms with Crippen LogP contribution in [-0.4, -0.2) is 77.7 Å². The number of ether oxygens (including phenoxy) is 2. The summed E-state index contributed by atoms with van der Waals surface area (Å²) in [5.74, 6) is -0.262. The Hall–Kier alpha value is -1.91. The summed E-state index contributed by atoms with van der Waals surface area (Å²) in [4.78, 5) is 21.4. The number of carbonyl (C=O) groups excluding carboxylic acids is 1. The molecule has 2 unspecified atom stereocenters. The smallest absolute Gasteiger partial charge is 0.404 e. The number of amides is 1. The lowest BCUT2D eigenvalue weighted by atomic mass is 10.0. The Labute approximate surface area is 192 Å². The van der Waals surface area contributed by atoms with Crippen LogP contribution in [0, 0.1) is 5.92 Å². The minimum atomic E-state index is -4.75. The number of fused-ring (bicyclic) bond motifs is 1. The van der Waals surface area contributed by atoms with Crippen LogP contribution in [0.1, 0.15) is 50.3 Å². The van der Waals surface area contributed by atoms with Crippen molar-refractivity contribution in [3.63, 3.8) is 0 Å². The van der Waals surface area contributed by atoms with Crippen molar-refractivity contribution in [1.29, 1.82) is 0 Å². The van der Waals surface area contributed by atoms with Gasteiger partial charge in [0.25, 0.3) is 0 Å². The topological polar surface area (TPSA) is 75.1 Å². The highest BCUT2D eigenvalue weighted by Gasteiger charge is 2.37. The van der Waals surface area contributed by atoms with Crippen LogP contribution in [-0.2, 0) is 22.5 Å². The predicted molar refractivity (Wildman–Crippen MR) is 116 cm³/mol. The number of aromatic nitrogens is 1. The van der Waals surface area contributed by atoms with E-state index < -0.39 is 6.36 Å². The van der Waals surface area contributed by atoms with E-state index >= 15 is 0 Å². The van der Waals surface area contributed by atoms with Gasteiger partial charge in [0.2, 0.25) is 5.91 Å². The van der Waals surface area contributed by atoms with Gasteiger partial charge in [0, 0.05) is 63.0 Å². The normalized spacial score (nSPS) is 23.7. The number of pyridine rings is 1. The van der Waals surface area contributed by atoms with Crippen LogP contribution in [0.25, 0.3) is 0 Å². The first kappa shape index (κ1) is 25.7. The summed E-state index contributed by atoms with van der Waals surface area (Å²) >= 11 is 0. The Kier molecular flexibility index (Phi) is 8.95. The molecule has 0 bridgehead atoms. The number of aliphatic hydroxyl groups is 1. The molecule has 3 aliphatic rings. The number of alkyl halides is 3. The Morgan fingerprint density at radius 1 is 1.27 bits per heavy atom. The summed E-state index contributed by atoms with van der Waals surface area (Å²) in [6.45, 7) is 4.36. The van der Waals surface area contributed by atoms with Crippen molar-refractivity contribution in [2.45, 2.75) is 70.4 Å². The summed E-state index contributed by atoms with van der Waals surface area (Å²) < 4.78 is 46.9. The second-order valence-corrected chi connectivity index (χ2v) is 8.82. The fourth-order valence-electron chi connectivity index (χ4n) is 4.98. The van der Waals surface area contributed by atoms with Gasteiger partial charge in [-0.2, -0.15) is 0 Å². The van der Waals surface area contributed by atoms with Gasteiger partial charge in [-0.1, -0.05) is 0 Å². The van der Waals surface area contributed by atoms with Crippen molar-refractivity contribution in [3.8, 4) is 5.75 Å². The van der Waals surface area contributed by atoms with Crippen molar-refractivity contribution in [2.24, 2.45) is 5.92 Å². The molecule has 0 aromatic carbocycles. The fourth-order valence-corrected chi connectivity index (χ4v) is 4.98. The lowest BCUT2D eigenvalue weighted by molar-refractivity contribution is -0.274. The molecule has 10 heteroatoms. The standard InChI is InChI=1S/C21H28F3N3O3.C2H6O/c1-26(16-5-8-29-9-6-16)17-3-2-14(10-17)20(28)27-7-4-19-15(13-27)11-18(12-25-19)30-21(22,23)24;1-2-3/h11-12,14,16-17H,2-10,13H2,1H3;3H,2H2,1H3. The van der Waals surface area contributed by atoms with Gasteiger partial charge in [-0.05, 0) is 57.7 Å². The second kappa shape index (κ2) is 11.5. The third-order valence-corrected chi connectivity index (χ3v) is 6.66. The quantitative estimate of drug-likeness (QED) is 0.724. The summed E-state index contributed by atoms with van der Waals surface area (Å²) in [6.07, 6.45) is 1.65. The van der Waals surface area contributed by atoms with Crippen LogP contribution < -0.4 is 4.74 Å². The van der Waals surface area contributed by atoms with E-state index in [-0.39, 0.29) is 30.7 Å². The van der Waals surface area contributed by atoms with Crippen molar-refractivity contribution in [2.75, 3.05) is 33.4 Å². The van der Waals surface area contributed by atoms with Gasteiger partial charge >= 0.3 is 6.36 Å². The molecule has 1 aromatic heterocycles. The molecule has 4 rings (SSSR count). The summed E-state index contributed by atoms with van der Waals surface area (Å²) in [5.41, 5.74) is 1.36. The van der Waals surface area contributed by atoms with Crippen LogP contribution in [0.4, 0.5) is 13.2 Å². The molecule has 1 N–H and O–H groups in total. The number of rotatable bonds is 4. The molecule has 0 radical (unpaired) electrons. The van der Waals surface area contributed by atoms with Crippen LogP contribution >= 0.6 is 0 Å². The highest BCUT2D eigenvalue weighted by atomic mass is 19.4. The first-order valence-electron chi connectivity index (χ1n) is 11.6. The summed E-state index contributed by atoms with van der Waals surface area (Å²) in [5, 5.41) is 7.57. The SMILES string of the molecule is CCO.CN(C1CCOCC1)C1CCC(C(=O)N2CCc3ncc(OC(F)(F)F)cc3C2)C1. The Balaban J connectivity index is 0.000000968. The minimum Gasteiger partial charge on any atom is -0.404 e. The molecule has 7 nitrogen and oxygen atoms in total. The van der Waals surface area contributed by atoms with Crippen LogP contribution in [0.2, 0.25) is 0 Å². The van der Waals surface area contributed by atoms with Crippen LogP contribution in [0.3, 0.4) is 0 Å². The Bertz CT molecular complexity index is 787. The number of carbonyl (C=O) groups is 1. The minimum absolute atomic E-state index is 0.0265. The van der Waals surface area contributed by atoms with Crippen molar-refractivity contribution in [1.82, 2.24) is 14.8 Å². The van der Waals surface area contributed by atoms with Gasteiger partial charge in [0.05, 0.1) is 6.20 Å². The average molecular weight is 474 g/mol. The van der Waals surface area contributed by atoms with Crippen LogP contribution in [0.15, 0.2) is 12.3 Å². The maximum absolute atomic E-state index is 13.1. The predicted octanol–water partition coefficient (Wildman–Crippen LogP) is 3.14. The maximum atomic E-state index is 13.1. The lowest BCUT2D eigenvalue weighted by Crippen LogP contribution is -2.43. The molecule has 1 aromatic rings. The van der Waals surface area contributed by atoms with Gasteiger partial charge < -0.3 is 24.4 Å². The molecular weight excluding hydrogens is 439 g/mol. The third kappa shape index (κ3) is 7.04. The van der Waals surface area contributed by atoms with Gasteiger partial charge in [-0.3, -0.25) is 9.78 Å². The van der Waals surface area contributed by atoms with E-state index in [0.717, 1.165) is 57.2 Å². The third-order valence-electron chi connectivity index (χ3n) is 6.66. The Morgan fingerprint density at radius 3 is 2.64 bits per heavy atom. The summed E-state index contributed by atoms with van der Waals surface area (Å²) in [6, 6.07) is 2.26. The zero-order valence-corrected chi connectivity index (χ0v) is 19.3.